The number of nitrogens with two attached hydrogens (primary N) is 1. The first kappa shape index (κ1) is 22.1. The van der Waals surface area contributed by atoms with Gasteiger partial charge in [-0.05, 0) is 57.2 Å². The molecular formula is C24H26N6O3. The molecule has 0 spiro atoms. The van der Waals surface area contributed by atoms with E-state index in [1.54, 1.807) is 4.68 Å². The van der Waals surface area contributed by atoms with Crippen molar-refractivity contribution in [2.24, 2.45) is 0 Å². The van der Waals surface area contributed by atoms with Gasteiger partial charge in [0.05, 0.1) is 11.9 Å². The van der Waals surface area contributed by atoms with Gasteiger partial charge in [-0.25, -0.2) is 19.4 Å². The van der Waals surface area contributed by atoms with Gasteiger partial charge in [0.2, 0.25) is 0 Å². The monoisotopic (exact) mass is 446 g/mol. The number of nitrogens with zero attached hydrogens (tertiary/aromatic N) is 4. The summed E-state index contributed by atoms with van der Waals surface area (Å²) in [7, 11) is 0. The van der Waals surface area contributed by atoms with Gasteiger partial charge in [0.25, 0.3) is 0 Å². The molecule has 0 aliphatic rings. The van der Waals surface area contributed by atoms with Crippen molar-refractivity contribution in [3.05, 3.63) is 60.9 Å². The summed E-state index contributed by atoms with van der Waals surface area (Å²) in [5.74, 6) is 1.81. The standard InChI is InChI=1S/C24H26N6O3/c1-24(2,3)33-23(31)26-13-14-30-22-19(21(25)27-15-28-22)20(29-30)16-9-11-18(12-10-16)32-17-7-5-4-6-8-17/h4-12,15H,13-14H2,1-3H3,(H,26,31)(H2,25,27,28). The van der Waals surface area contributed by atoms with E-state index in [1.165, 1.54) is 6.33 Å². The summed E-state index contributed by atoms with van der Waals surface area (Å²) >= 11 is 0. The van der Waals surface area contributed by atoms with Crippen molar-refractivity contribution in [1.82, 2.24) is 25.1 Å². The Balaban J connectivity index is 1.55. The first-order valence-electron chi connectivity index (χ1n) is 10.6. The second-order valence-electron chi connectivity index (χ2n) is 8.40. The molecule has 0 fully saturated rings. The molecule has 0 saturated carbocycles. The number of nitrogens with one attached hydrogen (secondary N) is 1. The van der Waals surface area contributed by atoms with Crippen LogP contribution in [-0.4, -0.2) is 38.0 Å². The molecule has 33 heavy (non-hydrogen) atoms. The number of fused-ring (bicyclic) bond motifs is 1. The number of alkyl carbamates (subject to hydrolysis) is 1. The van der Waals surface area contributed by atoms with E-state index in [1.807, 2.05) is 75.4 Å². The predicted molar refractivity (Wildman–Crippen MR) is 126 cm³/mol. The molecule has 0 bridgehead atoms. The van der Waals surface area contributed by atoms with Crippen LogP contribution in [0.1, 0.15) is 20.8 Å². The lowest BCUT2D eigenvalue weighted by molar-refractivity contribution is 0.0526. The van der Waals surface area contributed by atoms with E-state index in [-0.39, 0.29) is 0 Å². The van der Waals surface area contributed by atoms with Crippen molar-refractivity contribution in [2.45, 2.75) is 32.9 Å². The molecule has 2 aromatic carbocycles. The van der Waals surface area contributed by atoms with E-state index in [0.29, 0.717) is 41.4 Å². The van der Waals surface area contributed by atoms with Crippen molar-refractivity contribution >= 4 is 22.9 Å². The summed E-state index contributed by atoms with van der Waals surface area (Å²) in [4.78, 5) is 20.4. The summed E-state index contributed by atoms with van der Waals surface area (Å²) in [6.45, 7) is 6.15. The highest BCUT2D eigenvalue weighted by atomic mass is 16.6. The molecule has 0 aliphatic carbocycles. The van der Waals surface area contributed by atoms with Gasteiger partial charge in [-0.15, -0.1) is 0 Å². The molecular weight excluding hydrogens is 420 g/mol. The lowest BCUT2D eigenvalue weighted by Crippen LogP contribution is -2.34. The molecule has 2 heterocycles. The van der Waals surface area contributed by atoms with Crippen LogP contribution in [0.15, 0.2) is 60.9 Å². The zero-order valence-corrected chi connectivity index (χ0v) is 18.8. The maximum atomic E-state index is 11.9. The Labute approximate surface area is 191 Å². The molecule has 170 valence electrons. The molecule has 4 rings (SSSR count). The Morgan fingerprint density at radius 1 is 1.03 bits per heavy atom. The van der Waals surface area contributed by atoms with Gasteiger partial charge >= 0.3 is 6.09 Å². The predicted octanol–water partition coefficient (Wildman–Crippen LogP) is 4.39. The number of carbonyl (C=O) groups excluding carboxylic acids is 1. The molecule has 9 heteroatoms. The highest BCUT2D eigenvalue weighted by Crippen LogP contribution is 2.31. The molecule has 2 aromatic heterocycles. The minimum atomic E-state index is -0.562. The Morgan fingerprint density at radius 2 is 1.73 bits per heavy atom. The SMILES string of the molecule is CC(C)(C)OC(=O)NCCn1nc(-c2ccc(Oc3ccccc3)cc2)c2c(N)ncnc21. The van der Waals surface area contributed by atoms with Gasteiger partial charge in [-0.3, -0.25) is 0 Å². The van der Waals surface area contributed by atoms with E-state index in [4.69, 9.17) is 20.3 Å². The fourth-order valence-corrected chi connectivity index (χ4v) is 3.27. The van der Waals surface area contributed by atoms with Crippen LogP contribution in [0.2, 0.25) is 0 Å². The van der Waals surface area contributed by atoms with Crippen LogP contribution in [0.3, 0.4) is 0 Å². The van der Waals surface area contributed by atoms with Gasteiger partial charge in [-0.1, -0.05) is 18.2 Å². The largest absolute Gasteiger partial charge is 0.457 e. The summed E-state index contributed by atoms with van der Waals surface area (Å²) in [6.07, 6.45) is 0.917. The average molecular weight is 447 g/mol. The van der Waals surface area contributed by atoms with Crippen molar-refractivity contribution < 1.29 is 14.3 Å². The lowest BCUT2D eigenvalue weighted by Gasteiger charge is -2.19. The summed E-state index contributed by atoms with van der Waals surface area (Å²) in [5.41, 5.74) is 7.70. The van der Waals surface area contributed by atoms with E-state index in [2.05, 4.69) is 15.3 Å². The number of benzene rings is 2. The Kier molecular flexibility index (Phi) is 6.12. The van der Waals surface area contributed by atoms with Gasteiger partial charge < -0.3 is 20.5 Å². The molecule has 1 amide bonds. The first-order valence-corrected chi connectivity index (χ1v) is 10.6. The Bertz CT molecular complexity index is 1250. The Morgan fingerprint density at radius 3 is 2.42 bits per heavy atom. The van der Waals surface area contributed by atoms with Gasteiger partial charge in [0, 0.05) is 12.1 Å². The third-order valence-electron chi connectivity index (χ3n) is 4.66. The zero-order chi connectivity index (χ0) is 23.4. The van der Waals surface area contributed by atoms with Gasteiger partial charge in [0.15, 0.2) is 5.65 Å². The average Bonchev–Trinajstić information content (AvgIpc) is 3.14. The van der Waals surface area contributed by atoms with E-state index >= 15 is 0 Å². The number of carbonyl (C=O) groups is 1. The molecule has 4 aromatic rings. The number of rotatable bonds is 6. The minimum absolute atomic E-state index is 0.318. The number of hydrogen-bond acceptors (Lipinski definition) is 7. The molecule has 0 atom stereocenters. The van der Waals surface area contributed by atoms with Crippen molar-refractivity contribution in [2.75, 3.05) is 12.3 Å². The van der Waals surface area contributed by atoms with Crippen LogP contribution in [0, 0.1) is 0 Å². The van der Waals surface area contributed by atoms with Gasteiger partial charge in [-0.2, -0.15) is 5.10 Å². The van der Waals surface area contributed by atoms with E-state index < -0.39 is 11.7 Å². The quantitative estimate of drug-likeness (QED) is 0.451. The summed E-state index contributed by atoms with van der Waals surface area (Å²) in [5, 5.41) is 8.10. The van der Waals surface area contributed by atoms with Crippen molar-refractivity contribution in [3.63, 3.8) is 0 Å². The highest BCUT2D eigenvalue weighted by Gasteiger charge is 2.18. The maximum Gasteiger partial charge on any atom is 0.407 e. The van der Waals surface area contributed by atoms with Crippen molar-refractivity contribution in [3.8, 4) is 22.8 Å². The number of nitrogen functional groups attached to an aromatic ring is 1. The fourth-order valence-electron chi connectivity index (χ4n) is 3.27. The molecule has 0 radical (unpaired) electrons. The van der Waals surface area contributed by atoms with Crippen LogP contribution >= 0.6 is 0 Å². The minimum Gasteiger partial charge on any atom is -0.457 e. The van der Waals surface area contributed by atoms with Crippen molar-refractivity contribution in [1.29, 1.82) is 0 Å². The number of para-hydroxylation sites is 1. The fraction of sp³-hybridized carbons (Fsp3) is 0.250. The molecule has 0 unspecified atom stereocenters. The smallest absolute Gasteiger partial charge is 0.407 e. The van der Waals surface area contributed by atoms with Crippen LogP contribution in [-0.2, 0) is 11.3 Å². The molecule has 0 saturated heterocycles. The van der Waals surface area contributed by atoms with E-state index in [9.17, 15) is 4.79 Å². The van der Waals surface area contributed by atoms with Gasteiger partial charge in [0.1, 0.15) is 34.9 Å². The van der Waals surface area contributed by atoms with Crippen LogP contribution in [0.25, 0.3) is 22.3 Å². The van der Waals surface area contributed by atoms with Crippen LogP contribution in [0.5, 0.6) is 11.5 Å². The summed E-state index contributed by atoms with van der Waals surface area (Å²) in [6, 6.07) is 17.1. The topological polar surface area (TPSA) is 117 Å². The Hall–Kier alpha value is -4.14. The zero-order valence-electron chi connectivity index (χ0n) is 18.8. The van der Waals surface area contributed by atoms with Crippen LogP contribution in [0.4, 0.5) is 10.6 Å². The molecule has 0 aliphatic heterocycles. The lowest BCUT2D eigenvalue weighted by atomic mass is 10.1. The maximum absolute atomic E-state index is 11.9. The molecule has 9 nitrogen and oxygen atoms in total. The molecule has 3 N–H and O–H groups in total. The normalized spacial score (nSPS) is 11.4. The number of aromatic nitrogens is 4. The third kappa shape index (κ3) is 5.38. The second kappa shape index (κ2) is 9.15. The van der Waals surface area contributed by atoms with E-state index in [0.717, 1.165) is 11.3 Å². The second-order valence-corrected chi connectivity index (χ2v) is 8.40. The number of ether oxygens (including phenoxy) is 2. The number of hydrogen-bond donors (Lipinski definition) is 2. The first-order chi connectivity index (χ1) is 15.8. The number of anilines is 1. The summed E-state index contributed by atoms with van der Waals surface area (Å²) < 4.78 is 12.8. The highest BCUT2D eigenvalue weighted by molar-refractivity contribution is 5.98. The third-order valence-corrected chi connectivity index (χ3v) is 4.66. The number of amides is 1. The van der Waals surface area contributed by atoms with Crippen LogP contribution < -0.4 is 15.8 Å².